The average molecular weight is 356 g/mol. The number of rotatable bonds is 6. The molecule has 26 heavy (non-hydrogen) atoms. The highest BCUT2D eigenvalue weighted by Gasteiger charge is 2.51. The maximum Gasteiger partial charge on any atom is 0.339 e. The first-order valence-electron chi connectivity index (χ1n) is 10.0. The Hall–Kier alpha value is -1.84. The Morgan fingerprint density at radius 2 is 1.42 bits per heavy atom. The van der Waals surface area contributed by atoms with Gasteiger partial charge in [-0.15, -0.1) is 0 Å². The molecule has 0 saturated heterocycles. The molecule has 0 heterocycles. The first kappa shape index (κ1) is 17.6. The SMILES string of the molecule is CCCOC(=O)c1ccccc1C(=O)OCC12CC3CC(CC(C3)C1)C2. The summed E-state index contributed by atoms with van der Waals surface area (Å²) in [5.41, 5.74) is 0.803. The fourth-order valence-electron chi connectivity index (χ4n) is 5.87. The number of benzene rings is 1. The summed E-state index contributed by atoms with van der Waals surface area (Å²) in [6, 6.07) is 6.81. The second kappa shape index (κ2) is 7.05. The van der Waals surface area contributed by atoms with E-state index in [-0.39, 0.29) is 5.41 Å². The van der Waals surface area contributed by atoms with E-state index in [2.05, 4.69) is 0 Å². The molecule has 1 aromatic rings. The van der Waals surface area contributed by atoms with Crippen molar-refractivity contribution in [2.24, 2.45) is 23.2 Å². The van der Waals surface area contributed by atoms with E-state index in [1.807, 2.05) is 6.92 Å². The summed E-state index contributed by atoms with van der Waals surface area (Å²) in [5.74, 6) is 1.64. The minimum atomic E-state index is -0.450. The quantitative estimate of drug-likeness (QED) is 0.698. The van der Waals surface area contributed by atoms with Crippen LogP contribution in [0.2, 0.25) is 0 Å². The molecule has 140 valence electrons. The summed E-state index contributed by atoms with van der Waals surface area (Å²) >= 11 is 0. The molecule has 4 heteroatoms. The van der Waals surface area contributed by atoms with Crippen molar-refractivity contribution in [3.8, 4) is 0 Å². The number of ether oxygens (including phenoxy) is 2. The van der Waals surface area contributed by atoms with Crippen molar-refractivity contribution in [1.29, 1.82) is 0 Å². The van der Waals surface area contributed by atoms with Crippen LogP contribution in [-0.2, 0) is 9.47 Å². The van der Waals surface area contributed by atoms with Gasteiger partial charge in [-0.1, -0.05) is 19.1 Å². The van der Waals surface area contributed by atoms with E-state index >= 15 is 0 Å². The van der Waals surface area contributed by atoms with Crippen molar-refractivity contribution >= 4 is 11.9 Å². The molecule has 0 aliphatic heterocycles. The molecule has 4 bridgehead atoms. The fraction of sp³-hybridized carbons (Fsp3) is 0.636. The predicted molar refractivity (Wildman–Crippen MR) is 97.9 cm³/mol. The van der Waals surface area contributed by atoms with Crippen LogP contribution in [0.25, 0.3) is 0 Å². The smallest absolute Gasteiger partial charge is 0.339 e. The number of carbonyl (C=O) groups is 2. The van der Waals surface area contributed by atoms with Gasteiger partial charge in [0.05, 0.1) is 24.3 Å². The van der Waals surface area contributed by atoms with Crippen LogP contribution in [0.3, 0.4) is 0 Å². The van der Waals surface area contributed by atoms with Gasteiger partial charge in [-0.25, -0.2) is 9.59 Å². The lowest BCUT2D eigenvalue weighted by Crippen LogP contribution is -2.48. The topological polar surface area (TPSA) is 52.6 Å². The van der Waals surface area contributed by atoms with Crippen LogP contribution in [0.15, 0.2) is 24.3 Å². The zero-order valence-electron chi connectivity index (χ0n) is 15.5. The average Bonchev–Trinajstić information content (AvgIpc) is 2.63. The van der Waals surface area contributed by atoms with E-state index in [1.165, 1.54) is 38.5 Å². The highest BCUT2D eigenvalue weighted by Crippen LogP contribution is 2.60. The van der Waals surface area contributed by atoms with Crippen LogP contribution < -0.4 is 0 Å². The van der Waals surface area contributed by atoms with Crippen LogP contribution in [0.5, 0.6) is 0 Å². The second-order valence-electron chi connectivity index (χ2n) is 8.68. The zero-order chi connectivity index (χ0) is 18.1. The van der Waals surface area contributed by atoms with Crippen molar-refractivity contribution in [1.82, 2.24) is 0 Å². The molecule has 5 rings (SSSR count). The molecule has 4 fully saturated rings. The second-order valence-corrected chi connectivity index (χ2v) is 8.68. The lowest BCUT2D eigenvalue weighted by atomic mass is 9.50. The number of carbonyl (C=O) groups excluding carboxylic acids is 2. The number of hydrogen-bond donors (Lipinski definition) is 0. The van der Waals surface area contributed by atoms with Gasteiger partial charge in [0, 0.05) is 5.41 Å². The number of esters is 2. The summed E-state index contributed by atoms with van der Waals surface area (Å²) in [6.45, 7) is 2.79. The van der Waals surface area contributed by atoms with Crippen molar-refractivity contribution in [2.75, 3.05) is 13.2 Å². The molecule has 0 radical (unpaired) electrons. The standard InChI is InChI=1S/C22H28O4/c1-2-7-25-20(23)18-5-3-4-6-19(18)21(24)26-14-22-11-15-8-16(12-22)10-17(9-15)13-22/h3-6,15-17H,2,7-14H2,1H3. The summed E-state index contributed by atoms with van der Waals surface area (Å²) in [6.07, 6.45) is 8.48. The molecule has 4 aliphatic carbocycles. The van der Waals surface area contributed by atoms with Crippen molar-refractivity contribution in [3.05, 3.63) is 35.4 Å². The maximum absolute atomic E-state index is 12.7. The Kier molecular flexibility index (Phi) is 4.76. The summed E-state index contributed by atoms with van der Waals surface area (Å²) in [7, 11) is 0. The van der Waals surface area contributed by atoms with Crippen LogP contribution in [0, 0.1) is 23.2 Å². The van der Waals surface area contributed by atoms with Crippen molar-refractivity contribution < 1.29 is 19.1 Å². The van der Waals surface area contributed by atoms with E-state index in [9.17, 15) is 9.59 Å². The summed E-state index contributed by atoms with van der Waals surface area (Å²) < 4.78 is 11.0. The van der Waals surface area contributed by atoms with E-state index in [1.54, 1.807) is 24.3 Å². The normalized spacial score (nSPS) is 31.7. The molecule has 4 saturated carbocycles. The van der Waals surface area contributed by atoms with Crippen LogP contribution in [0.1, 0.15) is 72.6 Å². The van der Waals surface area contributed by atoms with Crippen LogP contribution in [-0.4, -0.2) is 25.2 Å². The van der Waals surface area contributed by atoms with Crippen molar-refractivity contribution in [2.45, 2.75) is 51.9 Å². The molecule has 0 spiro atoms. The van der Waals surface area contributed by atoms with Crippen LogP contribution >= 0.6 is 0 Å². The van der Waals surface area contributed by atoms with Crippen molar-refractivity contribution in [3.63, 3.8) is 0 Å². The first-order valence-corrected chi connectivity index (χ1v) is 10.0. The maximum atomic E-state index is 12.7. The minimum Gasteiger partial charge on any atom is -0.462 e. The van der Waals surface area contributed by atoms with Gasteiger partial charge in [0.2, 0.25) is 0 Å². The lowest BCUT2D eigenvalue weighted by Gasteiger charge is -2.56. The molecule has 1 aromatic carbocycles. The zero-order valence-corrected chi connectivity index (χ0v) is 15.5. The molecule has 0 atom stereocenters. The van der Waals surface area contributed by atoms with Gasteiger partial charge in [0.1, 0.15) is 0 Å². The Morgan fingerprint density at radius 1 is 0.923 bits per heavy atom. The monoisotopic (exact) mass is 356 g/mol. The Balaban J connectivity index is 1.44. The Morgan fingerprint density at radius 3 is 1.92 bits per heavy atom. The third-order valence-corrected chi connectivity index (χ3v) is 6.48. The van der Waals surface area contributed by atoms with E-state index < -0.39 is 11.9 Å². The highest BCUT2D eigenvalue weighted by molar-refractivity contribution is 6.03. The lowest BCUT2D eigenvalue weighted by molar-refractivity contribution is -0.0848. The van der Waals surface area contributed by atoms with Gasteiger partial charge < -0.3 is 9.47 Å². The van der Waals surface area contributed by atoms with Crippen LogP contribution in [0.4, 0.5) is 0 Å². The molecule has 0 N–H and O–H groups in total. The van der Waals surface area contributed by atoms with E-state index in [0.717, 1.165) is 24.2 Å². The first-order chi connectivity index (χ1) is 12.6. The molecular weight excluding hydrogens is 328 g/mol. The Bertz CT molecular complexity index is 658. The van der Waals surface area contributed by atoms with Gasteiger partial charge in [0.15, 0.2) is 0 Å². The molecule has 0 amide bonds. The molecule has 0 aromatic heterocycles. The minimum absolute atomic E-state index is 0.183. The van der Waals surface area contributed by atoms with Gasteiger partial charge in [-0.05, 0) is 74.8 Å². The molecule has 4 nitrogen and oxygen atoms in total. The van der Waals surface area contributed by atoms with Gasteiger partial charge in [-0.3, -0.25) is 0 Å². The van der Waals surface area contributed by atoms with E-state index in [0.29, 0.717) is 24.3 Å². The van der Waals surface area contributed by atoms with Gasteiger partial charge >= 0.3 is 11.9 Å². The summed E-state index contributed by atoms with van der Waals surface area (Å²) in [4.78, 5) is 24.9. The predicted octanol–water partition coefficient (Wildman–Crippen LogP) is 4.63. The molecular formula is C22H28O4. The third kappa shape index (κ3) is 3.38. The number of hydrogen-bond acceptors (Lipinski definition) is 4. The fourth-order valence-corrected chi connectivity index (χ4v) is 5.87. The summed E-state index contributed by atoms with van der Waals surface area (Å²) in [5, 5.41) is 0. The third-order valence-electron chi connectivity index (χ3n) is 6.48. The molecule has 0 unspecified atom stereocenters. The highest BCUT2D eigenvalue weighted by atomic mass is 16.5. The Labute approximate surface area is 155 Å². The van der Waals surface area contributed by atoms with E-state index in [4.69, 9.17) is 9.47 Å². The molecule has 4 aliphatic rings. The largest absolute Gasteiger partial charge is 0.462 e. The van der Waals surface area contributed by atoms with Gasteiger partial charge in [0.25, 0.3) is 0 Å². The van der Waals surface area contributed by atoms with Gasteiger partial charge in [-0.2, -0.15) is 0 Å².